The van der Waals surface area contributed by atoms with Crippen molar-refractivity contribution >= 4 is 43.2 Å². The first-order chi connectivity index (χ1) is 12.9. The number of nitrogens with one attached hydrogen (secondary N) is 1. The summed E-state index contributed by atoms with van der Waals surface area (Å²) >= 11 is 1.55. The molecule has 0 spiro atoms. The van der Waals surface area contributed by atoms with Crippen molar-refractivity contribution in [1.82, 2.24) is 14.9 Å². The summed E-state index contributed by atoms with van der Waals surface area (Å²) in [6.45, 7) is 0.904. The lowest BCUT2D eigenvalue weighted by atomic mass is 10.2. The number of likely N-dealkylation sites (tertiary alicyclic amines) is 1. The molecule has 0 saturated carbocycles. The molecule has 0 bridgehead atoms. The topological polar surface area (TPSA) is 101 Å². The average molecular weight is 404 g/mol. The number of hydrogen-bond acceptors (Lipinski definition) is 7. The lowest BCUT2D eigenvalue weighted by Gasteiger charge is -2.38. The van der Waals surface area contributed by atoms with Crippen LogP contribution in [0.3, 0.4) is 0 Å². The number of aromatic nitrogens is 2. The van der Waals surface area contributed by atoms with Crippen molar-refractivity contribution in [3.63, 3.8) is 0 Å². The first kappa shape index (κ1) is 17.7. The summed E-state index contributed by atoms with van der Waals surface area (Å²) in [5.41, 5.74) is 2.61. The van der Waals surface area contributed by atoms with Gasteiger partial charge in [0, 0.05) is 12.5 Å². The molecule has 10 heteroatoms. The van der Waals surface area contributed by atoms with Crippen LogP contribution in [0, 0.1) is 0 Å². The molecule has 1 aromatic carbocycles. The van der Waals surface area contributed by atoms with Gasteiger partial charge in [-0.2, -0.15) is 0 Å². The molecule has 0 radical (unpaired) electrons. The molecule has 3 aromatic rings. The predicted molar refractivity (Wildman–Crippen MR) is 102 cm³/mol. The number of urea groups is 1. The number of anilines is 1. The minimum Gasteiger partial charge on any atom is -0.484 e. The number of nitrogens with zero attached hydrogens (tertiary/aromatic N) is 3. The standard InChI is InChI=1S/C17H16N4O4S2/c1-27(23,24)12-5-6-15(18-7-12)20-17(22)21-8-11(9-21)25-13-3-2-4-14-16(13)19-10-26-14/h2-7,10-11H,8-9H2,1H3,(H,18,20,22). The van der Waals surface area contributed by atoms with Gasteiger partial charge in [-0.25, -0.2) is 23.2 Å². The summed E-state index contributed by atoms with van der Waals surface area (Å²) in [6, 6.07) is 8.35. The van der Waals surface area contributed by atoms with Gasteiger partial charge in [0.05, 0.1) is 28.2 Å². The van der Waals surface area contributed by atoms with Gasteiger partial charge in [0.1, 0.15) is 23.2 Å². The largest absolute Gasteiger partial charge is 0.484 e. The molecule has 0 atom stereocenters. The van der Waals surface area contributed by atoms with Crippen molar-refractivity contribution in [2.24, 2.45) is 0 Å². The van der Waals surface area contributed by atoms with Crippen molar-refractivity contribution in [2.75, 3.05) is 24.7 Å². The summed E-state index contributed by atoms with van der Waals surface area (Å²) in [5.74, 6) is 1.01. The van der Waals surface area contributed by atoms with Crippen molar-refractivity contribution < 1.29 is 17.9 Å². The van der Waals surface area contributed by atoms with Crippen LogP contribution in [-0.4, -0.2) is 54.8 Å². The number of carbonyl (C=O) groups excluding carboxylic acids is 1. The molecule has 0 aliphatic carbocycles. The van der Waals surface area contributed by atoms with Gasteiger partial charge in [0.25, 0.3) is 0 Å². The Morgan fingerprint density at radius 1 is 1.26 bits per heavy atom. The van der Waals surface area contributed by atoms with E-state index < -0.39 is 9.84 Å². The second kappa shape index (κ2) is 6.78. The molecule has 3 heterocycles. The highest BCUT2D eigenvalue weighted by molar-refractivity contribution is 7.90. The second-order valence-corrected chi connectivity index (χ2v) is 9.08. The number of amides is 2. The first-order valence-corrected chi connectivity index (χ1v) is 10.9. The third kappa shape index (κ3) is 3.71. The number of ether oxygens (including phenoxy) is 1. The SMILES string of the molecule is CS(=O)(=O)c1ccc(NC(=O)N2CC(Oc3cccc4scnc34)C2)nc1. The highest BCUT2D eigenvalue weighted by atomic mass is 32.2. The van der Waals surface area contributed by atoms with E-state index in [9.17, 15) is 13.2 Å². The maximum atomic E-state index is 12.2. The van der Waals surface area contributed by atoms with E-state index >= 15 is 0 Å². The van der Waals surface area contributed by atoms with Crippen LogP contribution in [0.2, 0.25) is 0 Å². The van der Waals surface area contributed by atoms with Gasteiger partial charge in [-0.05, 0) is 24.3 Å². The van der Waals surface area contributed by atoms with E-state index in [4.69, 9.17) is 4.74 Å². The van der Waals surface area contributed by atoms with Gasteiger partial charge < -0.3 is 9.64 Å². The van der Waals surface area contributed by atoms with Crippen molar-refractivity contribution in [3.8, 4) is 5.75 Å². The number of pyridine rings is 1. The van der Waals surface area contributed by atoms with Gasteiger partial charge in [-0.15, -0.1) is 11.3 Å². The van der Waals surface area contributed by atoms with Crippen LogP contribution in [0.25, 0.3) is 10.2 Å². The van der Waals surface area contributed by atoms with E-state index in [1.165, 1.54) is 18.3 Å². The first-order valence-electron chi connectivity index (χ1n) is 8.11. The number of benzene rings is 1. The van der Waals surface area contributed by atoms with Crippen LogP contribution in [0.4, 0.5) is 10.6 Å². The van der Waals surface area contributed by atoms with Crippen LogP contribution in [0.15, 0.2) is 46.9 Å². The number of sulfone groups is 1. The van der Waals surface area contributed by atoms with E-state index in [0.717, 1.165) is 22.2 Å². The zero-order valence-corrected chi connectivity index (χ0v) is 16.0. The molecule has 1 N–H and O–H groups in total. The number of para-hydroxylation sites is 1. The van der Waals surface area contributed by atoms with E-state index in [-0.39, 0.29) is 17.0 Å². The van der Waals surface area contributed by atoms with Crippen LogP contribution >= 0.6 is 11.3 Å². The van der Waals surface area contributed by atoms with Crippen LogP contribution < -0.4 is 10.1 Å². The fraction of sp³-hybridized carbons (Fsp3) is 0.235. The van der Waals surface area contributed by atoms with E-state index in [1.54, 1.807) is 21.7 Å². The fourth-order valence-electron chi connectivity index (χ4n) is 2.68. The zero-order valence-electron chi connectivity index (χ0n) is 14.3. The molecular weight excluding hydrogens is 388 g/mol. The molecule has 0 unspecified atom stereocenters. The summed E-state index contributed by atoms with van der Waals surface area (Å²) in [6.07, 6.45) is 2.24. The van der Waals surface area contributed by atoms with E-state index in [1.807, 2.05) is 18.2 Å². The molecule has 2 aromatic heterocycles. The van der Waals surface area contributed by atoms with Crippen molar-refractivity contribution in [3.05, 3.63) is 42.0 Å². The van der Waals surface area contributed by atoms with Crippen molar-refractivity contribution in [2.45, 2.75) is 11.0 Å². The smallest absolute Gasteiger partial charge is 0.323 e. The molecule has 1 aliphatic heterocycles. The lowest BCUT2D eigenvalue weighted by molar-refractivity contribution is 0.0502. The molecule has 1 aliphatic rings. The van der Waals surface area contributed by atoms with Crippen LogP contribution in [-0.2, 0) is 9.84 Å². The minimum absolute atomic E-state index is 0.0939. The number of hydrogen-bond donors (Lipinski definition) is 1. The van der Waals surface area contributed by atoms with Crippen molar-refractivity contribution in [1.29, 1.82) is 0 Å². The quantitative estimate of drug-likeness (QED) is 0.716. The predicted octanol–water partition coefficient (Wildman–Crippen LogP) is 2.39. The number of thiazole rings is 1. The van der Waals surface area contributed by atoms with Gasteiger partial charge in [0.15, 0.2) is 9.84 Å². The highest BCUT2D eigenvalue weighted by Crippen LogP contribution is 2.29. The van der Waals surface area contributed by atoms with E-state index in [2.05, 4.69) is 15.3 Å². The normalized spacial score (nSPS) is 14.8. The summed E-state index contributed by atoms with van der Waals surface area (Å²) in [7, 11) is -3.31. The average Bonchev–Trinajstić information content (AvgIpc) is 3.06. The number of fused-ring (bicyclic) bond motifs is 1. The minimum atomic E-state index is -3.31. The molecular formula is C17H16N4O4S2. The summed E-state index contributed by atoms with van der Waals surface area (Å²) in [4.78, 5) is 22.2. The van der Waals surface area contributed by atoms with Crippen LogP contribution in [0.1, 0.15) is 0 Å². The third-order valence-corrected chi connectivity index (χ3v) is 6.04. The van der Waals surface area contributed by atoms with Gasteiger partial charge in [-0.1, -0.05) is 6.07 Å². The Morgan fingerprint density at radius 3 is 2.78 bits per heavy atom. The molecule has 1 fully saturated rings. The fourth-order valence-corrected chi connectivity index (χ4v) is 3.93. The molecule has 1 saturated heterocycles. The summed E-state index contributed by atoms with van der Waals surface area (Å²) < 4.78 is 29.9. The molecule has 8 nitrogen and oxygen atoms in total. The molecule has 140 valence electrons. The Hall–Kier alpha value is -2.72. The monoisotopic (exact) mass is 404 g/mol. The molecule has 27 heavy (non-hydrogen) atoms. The second-order valence-electron chi connectivity index (χ2n) is 6.18. The highest BCUT2D eigenvalue weighted by Gasteiger charge is 2.33. The number of rotatable bonds is 4. The Labute approximate surface area is 159 Å². The molecule has 4 rings (SSSR count). The lowest BCUT2D eigenvalue weighted by Crippen LogP contribution is -2.57. The Bertz CT molecular complexity index is 1090. The van der Waals surface area contributed by atoms with Crippen LogP contribution in [0.5, 0.6) is 5.75 Å². The zero-order chi connectivity index (χ0) is 19.0. The van der Waals surface area contributed by atoms with Gasteiger partial charge >= 0.3 is 6.03 Å². The summed E-state index contributed by atoms with van der Waals surface area (Å²) in [5, 5.41) is 2.65. The van der Waals surface area contributed by atoms with E-state index in [0.29, 0.717) is 18.9 Å². The Morgan fingerprint density at radius 2 is 2.07 bits per heavy atom. The van der Waals surface area contributed by atoms with Gasteiger partial charge in [0.2, 0.25) is 0 Å². The molecule has 2 amide bonds. The maximum absolute atomic E-state index is 12.2. The maximum Gasteiger partial charge on any atom is 0.323 e. The third-order valence-electron chi connectivity index (χ3n) is 4.15. The number of carbonyl (C=O) groups is 1. The Kier molecular flexibility index (Phi) is 4.44. The van der Waals surface area contributed by atoms with Gasteiger partial charge in [-0.3, -0.25) is 5.32 Å². The Balaban J connectivity index is 1.33.